The van der Waals surface area contributed by atoms with Gasteiger partial charge in [-0.15, -0.1) is 0 Å². The van der Waals surface area contributed by atoms with Crippen molar-refractivity contribution < 1.29 is 14.3 Å². The van der Waals surface area contributed by atoms with Crippen LogP contribution in [-0.4, -0.2) is 53.6 Å². The van der Waals surface area contributed by atoms with Gasteiger partial charge in [-0.2, -0.15) is 0 Å². The third kappa shape index (κ3) is 5.84. The number of nitrogens with zero attached hydrogens (tertiary/aromatic N) is 2. The largest absolute Gasteiger partial charge is 0.444 e. The van der Waals surface area contributed by atoms with Crippen molar-refractivity contribution in [3.05, 3.63) is 41.0 Å². The average molecular weight is 463 g/mol. The fraction of sp³-hybridized carbons (Fsp3) is 0.565. The van der Waals surface area contributed by atoms with E-state index in [-0.39, 0.29) is 12.0 Å². The monoisotopic (exact) mass is 462 g/mol. The molecule has 0 radical (unpaired) electrons. The molecule has 2 amide bonds. The molecule has 0 atom stereocenters. The number of hydrogen-bond acceptors (Lipinski definition) is 3. The van der Waals surface area contributed by atoms with E-state index >= 15 is 0 Å². The molecule has 29 heavy (non-hydrogen) atoms. The van der Waals surface area contributed by atoms with Gasteiger partial charge in [-0.25, -0.2) is 4.79 Å². The molecule has 0 saturated carbocycles. The Bertz CT molecular complexity index is 764. The number of rotatable bonds is 2. The van der Waals surface area contributed by atoms with Crippen LogP contribution in [0.15, 0.2) is 29.8 Å². The normalized spacial score (nSPS) is 17.9. The first-order valence-corrected chi connectivity index (χ1v) is 11.3. The Balaban J connectivity index is 1.61. The molecular formula is C23H31BrN2O3. The highest BCUT2D eigenvalue weighted by molar-refractivity contribution is 9.15. The molecular weight excluding hydrogens is 432 g/mol. The number of hydrogen-bond donors (Lipinski definition) is 0. The molecule has 2 fully saturated rings. The van der Waals surface area contributed by atoms with Crippen molar-refractivity contribution in [2.75, 3.05) is 26.2 Å². The molecule has 5 nitrogen and oxygen atoms in total. The highest BCUT2D eigenvalue weighted by Gasteiger charge is 2.25. The van der Waals surface area contributed by atoms with Crippen LogP contribution in [0.2, 0.25) is 0 Å². The first kappa shape index (κ1) is 21.9. The van der Waals surface area contributed by atoms with E-state index in [2.05, 4.69) is 15.9 Å². The van der Waals surface area contributed by atoms with E-state index in [1.54, 1.807) is 4.90 Å². The van der Waals surface area contributed by atoms with Gasteiger partial charge < -0.3 is 14.5 Å². The molecule has 1 aromatic rings. The van der Waals surface area contributed by atoms with Crippen LogP contribution in [0.1, 0.15) is 68.8 Å². The summed E-state index contributed by atoms with van der Waals surface area (Å²) in [5.74, 6) is 0.130. The lowest BCUT2D eigenvalue weighted by Gasteiger charge is -2.31. The second kappa shape index (κ2) is 9.33. The second-order valence-corrected chi connectivity index (χ2v) is 9.61. The van der Waals surface area contributed by atoms with E-state index in [9.17, 15) is 9.59 Å². The van der Waals surface area contributed by atoms with Gasteiger partial charge in [-0.05, 0) is 70.6 Å². The molecule has 1 aromatic carbocycles. The van der Waals surface area contributed by atoms with Crippen LogP contribution in [0.5, 0.6) is 0 Å². The predicted octanol–water partition coefficient (Wildman–Crippen LogP) is 5.45. The number of piperidine rings is 2. The summed E-state index contributed by atoms with van der Waals surface area (Å²) in [6, 6.07) is 7.86. The molecule has 0 unspecified atom stereocenters. The van der Waals surface area contributed by atoms with Crippen molar-refractivity contribution in [3.63, 3.8) is 0 Å². The molecule has 0 aliphatic carbocycles. The van der Waals surface area contributed by atoms with Gasteiger partial charge in [0.1, 0.15) is 5.60 Å². The van der Waals surface area contributed by atoms with Crippen LogP contribution in [0.3, 0.4) is 0 Å². The minimum Gasteiger partial charge on any atom is -0.444 e. The van der Waals surface area contributed by atoms with E-state index in [0.29, 0.717) is 13.1 Å². The summed E-state index contributed by atoms with van der Waals surface area (Å²) in [4.78, 5) is 28.6. The number of carbonyl (C=O) groups excluding carboxylic acids is 2. The number of amides is 2. The van der Waals surface area contributed by atoms with E-state index in [1.165, 1.54) is 12.0 Å². The quantitative estimate of drug-likeness (QED) is 0.586. The summed E-state index contributed by atoms with van der Waals surface area (Å²) in [6.45, 7) is 8.70. The molecule has 0 N–H and O–H groups in total. The maximum absolute atomic E-state index is 12.6. The summed E-state index contributed by atoms with van der Waals surface area (Å²) in [6.07, 6.45) is 4.80. The summed E-state index contributed by atoms with van der Waals surface area (Å²) >= 11 is 3.74. The molecule has 2 aliphatic rings. The van der Waals surface area contributed by atoms with Gasteiger partial charge in [0.2, 0.25) is 0 Å². The Labute approximate surface area is 182 Å². The molecule has 2 heterocycles. The van der Waals surface area contributed by atoms with Crippen LogP contribution in [-0.2, 0) is 4.74 Å². The Hall–Kier alpha value is -1.82. The first-order chi connectivity index (χ1) is 13.7. The number of halogens is 1. The minimum absolute atomic E-state index is 0.130. The molecule has 0 aromatic heterocycles. The lowest BCUT2D eigenvalue weighted by Crippen LogP contribution is -2.40. The molecule has 6 heteroatoms. The summed E-state index contributed by atoms with van der Waals surface area (Å²) < 4.78 is 6.53. The van der Waals surface area contributed by atoms with Crippen LogP contribution in [0.4, 0.5) is 4.79 Å². The van der Waals surface area contributed by atoms with Gasteiger partial charge in [-0.1, -0.05) is 33.6 Å². The Morgan fingerprint density at radius 1 is 0.862 bits per heavy atom. The van der Waals surface area contributed by atoms with Gasteiger partial charge in [0.25, 0.3) is 5.91 Å². The first-order valence-electron chi connectivity index (χ1n) is 10.5. The van der Waals surface area contributed by atoms with Crippen LogP contribution < -0.4 is 0 Å². The van der Waals surface area contributed by atoms with Gasteiger partial charge in [0.05, 0.1) is 0 Å². The summed E-state index contributed by atoms with van der Waals surface area (Å²) in [5.41, 5.74) is 2.64. The van der Waals surface area contributed by atoms with Crippen LogP contribution in [0.25, 0.3) is 4.48 Å². The van der Waals surface area contributed by atoms with Crippen molar-refractivity contribution in [2.45, 2.75) is 58.5 Å². The third-order valence-corrected chi connectivity index (χ3v) is 6.38. The number of carbonyl (C=O) groups is 2. The molecule has 0 bridgehead atoms. The fourth-order valence-corrected chi connectivity index (χ4v) is 4.41. The van der Waals surface area contributed by atoms with Crippen molar-refractivity contribution in [1.29, 1.82) is 0 Å². The molecule has 2 saturated heterocycles. The Morgan fingerprint density at radius 2 is 1.41 bits per heavy atom. The van der Waals surface area contributed by atoms with Crippen molar-refractivity contribution in [3.8, 4) is 0 Å². The van der Waals surface area contributed by atoms with Gasteiger partial charge in [-0.3, -0.25) is 4.79 Å². The minimum atomic E-state index is -0.471. The van der Waals surface area contributed by atoms with E-state index in [0.717, 1.165) is 54.4 Å². The predicted molar refractivity (Wildman–Crippen MR) is 119 cm³/mol. The highest BCUT2D eigenvalue weighted by Crippen LogP contribution is 2.32. The third-order valence-electron chi connectivity index (χ3n) is 5.36. The van der Waals surface area contributed by atoms with Gasteiger partial charge >= 0.3 is 6.09 Å². The van der Waals surface area contributed by atoms with Crippen LogP contribution in [0, 0.1) is 0 Å². The lowest BCUT2D eigenvalue weighted by molar-refractivity contribution is 0.0236. The molecule has 0 spiro atoms. The van der Waals surface area contributed by atoms with E-state index < -0.39 is 5.60 Å². The standard InChI is InChI=1S/C23H31BrN2O3/c1-23(2,3)29-22(28)26-15-11-18(12-16-26)20(24)17-7-9-19(10-8-17)21(27)25-13-5-4-6-14-25/h7-10H,4-6,11-16H2,1-3H3. The van der Waals surface area contributed by atoms with E-state index in [1.807, 2.05) is 49.9 Å². The zero-order valence-electron chi connectivity index (χ0n) is 17.7. The SMILES string of the molecule is CC(C)(C)OC(=O)N1CCC(=C(Br)c2ccc(C(=O)N3CCCCC3)cc2)CC1. The van der Waals surface area contributed by atoms with Gasteiger partial charge in [0.15, 0.2) is 0 Å². The fourth-order valence-electron chi connectivity index (χ4n) is 3.75. The maximum Gasteiger partial charge on any atom is 0.410 e. The summed E-state index contributed by atoms with van der Waals surface area (Å²) in [7, 11) is 0. The van der Waals surface area contributed by atoms with Crippen molar-refractivity contribution in [2.24, 2.45) is 0 Å². The van der Waals surface area contributed by atoms with Gasteiger partial charge in [0, 0.05) is 36.2 Å². The zero-order chi connectivity index (χ0) is 21.0. The van der Waals surface area contributed by atoms with E-state index in [4.69, 9.17) is 4.74 Å². The molecule has 3 rings (SSSR count). The maximum atomic E-state index is 12.6. The lowest BCUT2D eigenvalue weighted by atomic mass is 10.00. The van der Waals surface area contributed by atoms with Crippen molar-refractivity contribution >= 4 is 32.4 Å². The number of likely N-dealkylation sites (tertiary alicyclic amines) is 2. The molecule has 158 valence electrons. The van der Waals surface area contributed by atoms with Crippen molar-refractivity contribution in [1.82, 2.24) is 9.80 Å². The molecule has 2 aliphatic heterocycles. The Kier molecular flexibility index (Phi) is 7.04. The number of benzene rings is 1. The number of ether oxygens (including phenoxy) is 1. The van der Waals surface area contributed by atoms with Crippen LogP contribution >= 0.6 is 15.9 Å². The second-order valence-electron chi connectivity index (χ2n) is 8.82. The summed E-state index contributed by atoms with van der Waals surface area (Å²) in [5, 5.41) is 0. The average Bonchev–Trinajstić information content (AvgIpc) is 2.72. The smallest absolute Gasteiger partial charge is 0.410 e. The highest BCUT2D eigenvalue weighted by atomic mass is 79.9. The zero-order valence-corrected chi connectivity index (χ0v) is 19.3. The Morgan fingerprint density at radius 3 is 1.97 bits per heavy atom. The topological polar surface area (TPSA) is 49.9 Å².